The molecule has 1 N–H and O–H groups in total. The van der Waals surface area contributed by atoms with Crippen LogP contribution in [-0.2, 0) is 4.79 Å². The van der Waals surface area contributed by atoms with Crippen LogP contribution in [0, 0.1) is 6.92 Å². The molecule has 0 aliphatic heterocycles. The van der Waals surface area contributed by atoms with Crippen LogP contribution in [0.2, 0.25) is 10.0 Å². The molecule has 26 heavy (non-hydrogen) atoms. The Balaban J connectivity index is 1.67. The van der Waals surface area contributed by atoms with Crippen LogP contribution in [0.15, 0.2) is 52.1 Å². The van der Waals surface area contributed by atoms with Crippen molar-refractivity contribution < 1.29 is 9.21 Å². The second-order valence-electron chi connectivity index (χ2n) is 5.59. The highest BCUT2D eigenvalue weighted by molar-refractivity contribution is 8.00. The first-order chi connectivity index (χ1) is 12.4. The van der Waals surface area contributed by atoms with Crippen molar-refractivity contribution in [2.75, 3.05) is 5.32 Å². The summed E-state index contributed by atoms with van der Waals surface area (Å²) in [6.45, 7) is 3.67. The molecule has 3 aromatic rings. The van der Waals surface area contributed by atoms with E-state index >= 15 is 0 Å². The Hall–Kier alpha value is -2.02. The van der Waals surface area contributed by atoms with Crippen molar-refractivity contribution >= 4 is 46.6 Å². The van der Waals surface area contributed by atoms with Crippen LogP contribution in [0.5, 0.6) is 0 Å². The SMILES string of the molecule is Cc1ccc(Cl)cc1NC(=O)[C@@H](C)Sc1nnc(-c2cccc(Cl)c2)o1. The molecule has 0 unspecified atom stereocenters. The van der Waals surface area contributed by atoms with Crippen LogP contribution in [-0.4, -0.2) is 21.4 Å². The predicted molar refractivity (Wildman–Crippen MR) is 105 cm³/mol. The van der Waals surface area contributed by atoms with Crippen molar-refractivity contribution in [1.29, 1.82) is 0 Å². The van der Waals surface area contributed by atoms with Crippen molar-refractivity contribution in [1.82, 2.24) is 10.2 Å². The molecule has 0 aliphatic carbocycles. The second kappa shape index (κ2) is 8.12. The zero-order valence-corrected chi connectivity index (χ0v) is 16.3. The second-order valence-corrected chi connectivity index (χ2v) is 7.76. The smallest absolute Gasteiger partial charge is 0.277 e. The molecule has 134 valence electrons. The number of benzene rings is 2. The first kappa shape index (κ1) is 18.8. The average Bonchev–Trinajstić information content (AvgIpc) is 3.06. The van der Waals surface area contributed by atoms with Gasteiger partial charge < -0.3 is 9.73 Å². The van der Waals surface area contributed by atoms with Crippen molar-refractivity contribution in [2.45, 2.75) is 24.3 Å². The average molecular weight is 408 g/mol. The van der Waals surface area contributed by atoms with Gasteiger partial charge in [0.15, 0.2) is 0 Å². The molecule has 0 radical (unpaired) electrons. The highest BCUT2D eigenvalue weighted by Crippen LogP contribution is 2.28. The van der Waals surface area contributed by atoms with Crippen molar-refractivity contribution in [2.24, 2.45) is 0 Å². The Kier molecular flexibility index (Phi) is 5.86. The third kappa shape index (κ3) is 4.58. The van der Waals surface area contributed by atoms with E-state index in [9.17, 15) is 4.79 Å². The number of thioether (sulfide) groups is 1. The topological polar surface area (TPSA) is 68.0 Å². The van der Waals surface area contributed by atoms with Gasteiger partial charge in [0.2, 0.25) is 11.8 Å². The molecular weight excluding hydrogens is 393 g/mol. The summed E-state index contributed by atoms with van der Waals surface area (Å²) < 4.78 is 5.62. The Morgan fingerprint density at radius 1 is 1.15 bits per heavy atom. The number of hydrogen-bond donors (Lipinski definition) is 1. The van der Waals surface area contributed by atoms with Crippen molar-refractivity contribution in [3.8, 4) is 11.5 Å². The summed E-state index contributed by atoms with van der Waals surface area (Å²) in [7, 11) is 0. The number of carbonyl (C=O) groups is 1. The van der Waals surface area contributed by atoms with Crippen LogP contribution >= 0.6 is 35.0 Å². The highest BCUT2D eigenvalue weighted by Gasteiger charge is 2.19. The van der Waals surface area contributed by atoms with Gasteiger partial charge in [-0.15, -0.1) is 10.2 Å². The third-order valence-corrected chi connectivity index (χ3v) is 4.99. The minimum atomic E-state index is -0.430. The largest absolute Gasteiger partial charge is 0.411 e. The Bertz CT molecular complexity index is 946. The molecule has 0 aliphatic rings. The van der Waals surface area contributed by atoms with Gasteiger partial charge in [0.1, 0.15) is 0 Å². The zero-order valence-electron chi connectivity index (χ0n) is 14.0. The summed E-state index contributed by atoms with van der Waals surface area (Å²) in [6, 6.07) is 12.5. The number of halogens is 2. The number of nitrogens with zero attached hydrogens (tertiary/aromatic N) is 2. The quantitative estimate of drug-likeness (QED) is 0.567. The van der Waals surface area contributed by atoms with E-state index in [0.29, 0.717) is 26.8 Å². The summed E-state index contributed by atoms with van der Waals surface area (Å²) in [5, 5.41) is 11.9. The van der Waals surface area contributed by atoms with E-state index < -0.39 is 5.25 Å². The van der Waals surface area contributed by atoms with Gasteiger partial charge in [-0.05, 0) is 49.7 Å². The fourth-order valence-electron chi connectivity index (χ4n) is 2.16. The number of carbonyl (C=O) groups excluding carboxylic acids is 1. The molecule has 2 aromatic carbocycles. The monoisotopic (exact) mass is 407 g/mol. The lowest BCUT2D eigenvalue weighted by atomic mass is 10.2. The van der Waals surface area contributed by atoms with Crippen molar-refractivity contribution in [3.63, 3.8) is 0 Å². The fourth-order valence-corrected chi connectivity index (χ4v) is 3.21. The number of anilines is 1. The first-order valence-corrected chi connectivity index (χ1v) is 9.39. The summed E-state index contributed by atoms with van der Waals surface area (Å²) in [5.41, 5.74) is 2.34. The van der Waals surface area contributed by atoms with Gasteiger partial charge in [0.25, 0.3) is 5.22 Å². The van der Waals surface area contributed by atoms with E-state index in [4.69, 9.17) is 27.6 Å². The molecule has 8 heteroatoms. The molecule has 3 rings (SSSR count). The van der Waals surface area contributed by atoms with Gasteiger partial charge in [0, 0.05) is 21.3 Å². The van der Waals surface area contributed by atoms with Crippen LogP contribution in [0.25, 0.3) is 11.5 Å². The lowest BCUT2D eigenvalue weighted by Crippen LogP contribution is -2.22. The molecule has 0 saturated heterocycles. The van der Waals surface area contributed by atoms with Crippen molar-refractivity contribution in [3.05, 3.63) is 58.1 Å². The molecule has 1 amide bonds. The maximum Gasteiger partial charge on any atom is 0.277 e. The maximum atomic E-state index is 12.4. The first-order valence-electron chi connectivity index (χ1n) is 7.75. The molecule has 1 heterocycles. The van der Waals surface area contributed by atoms with Gasteiger partial charge >= 0.3 is 0 Å². The number of amides is 1. The molecular formula is C18H15Cl2N3O2S. The minimum Gasteiger partial charge on any atom is -0.411 e. The molecule has 0 fully saturated rings. The van der Waals surface area contributed by atoms with E-state index in [1.165, 1.54) is 11.8 Å². The van der Waals surface area contributed by atoms with Crippen LogP contribution < -0.4 is 5.32 Å². The highest BCUT2D eigenvalue weighted by atomic mass is 35.5. The Morgan fingerprint density at radius 3 is 2.69 bits per heavy atom. The number of aromatic nitrogens is 2. The normalized spacial score (nSPS) is 12.0. The molecule has 5 nitrogen and oxygen atoms in total. The van der Waals surface area contributed by atoms with Gasteiger partial charge in [-0.2, -0.15) is 0 Å². The summed E-state index contributed by atoms with van der Waals surface area (Å²) in [6.07, 6.45) is 0. The van der Waals surface area contributed by atoms with Gasteiger partial charge in [0.05, 0.1) is 5.25 Å². The van der Waals surface area contributed by atoms with Crippen LogP contribution in [0.1, 0.15) is 12.5 Å². The van der Waals surface area contributed by atoms with Gasteiger partial charge in [-0.25, -0.2) is 0 Å². The molecule has 1 atom stereocenters. The van der Waals surface area contributed by atoms with E-state index in [0.717, 1.165) is 11.1 Å². The van der Waals surface area contributed by atoms with Gasteiger partial charge in [-0.3, -0.25) is 4.79 Å². The van der Waals surface area contributed by atoms with E-state index in [-0.39, 0.29) is 5.91 Å². The number of hydrogen-bond acceptors (Lipinski definition) is 5. The van der Waals surface area contributed by atoms with E-state index in [1.807, 2.05) is 19.1 Å². The zero-order chi connectivity index (χ0) is 18.7. The minimum absolute atomic E-state index is 0.178. The van der Waals surface area contributed by atoms with E-state index in [1.54, 1.807) is 37.3 Å². The van der Waals surface area contributed by atoms with Crippen LogP contribution in [0.3, 0.4) is 0 Å². The van der Waals surface area contributed by atoms with E-state index in [2.05, 4.69) is 15.5 Å². The van der Waals surface area contributed by atoms with Gasteiger partial charge in [-0.1, -0.05) is 47.1 Å². The Morgan fingerprint density at radius 2 is 1.92 bits per heavy atom. The maximum absolute atomic E-state index is 12.4. The summed E-state index contributed by atoms with van der Waals surface area (Å²) in [5.74, 6) is 0.177. The summed E-state index contributed by atoms with van der Waals surface area (Å²) in [4.78, 5) is 12.4. The Labute approximate surface area is 165 Å². The summed E-state index contributed by atoms with van der Waals surface area (Å²) >= 11 is 13.1. The number of rotatable bonds is 5. The molecule has 1 aromatic heterocycles. The molecule has 0 bridgehead atoms. The lowest BCUT2D eigenvalue weighted by Gasteiger charge is -2.12. The molecule has 0 saturated carbocycles. The number of aryl methyl sites for hydroxylation is 1. The third-order valence-electron chi connectivity index (χ3n) is 3.58. The molecule has 0 spiro atoms. The fraction of sp³-hybridized carbons (Fsp3) is 0.167. The number of nitrogens with one attached hydrogen (secondary N) is 1. The lowest BCUT2D eigenvalue weighted by molar-refractivity contribution is -0.115. The standard InChI is InChI=1S/C18H15Cl2N3O2S/c1-10-6-7-14(20)9-15(10)21-16(24)11(2)26-18-23-22-17(25-18)12-4-3-5-13(19)8-12/h3-9,11H,1-2H3,(H,21,24)/t11-/m1/s1. The predicted octanol–water partition coefficient (Wildman–Crippen LogP) is 5.47. The van der Waals surface area contributed by atoms with Crippen LogP contribution in [0.4, 0.5) is 5.69 Å².